The molecule has 0 aliphatic heterocycles. The molecule has 1 aliphatic rings. The van der Waals surface area contributed by atoms with Crippen LogP contribution in [0.1, 0.15) is 26.5 Å². The first-order chi connectivity index (χ1) is 8.89. The van der Waals surface area contributed by atoms with Gasteiger partial charge in [0.05, 0.1) is 24.6 Å². The van der Waals surface area contributed by atoms with Crippen molar-refractivity contribution in [3.63, 3.8) is 0 Å². The molecule has 1 saturated carbocycles. The molecule has 1 aromatic heterocycles. The van der Waals surface area contributed by atoms with E-state index in [0.29, 0.717) is 18.8 Å². The molecule has 5 nitrogen and oxygen atoms in total. The molecule has 1 amide bonds. The first-order valence-electron chi connectivity index (χ1n) is 6.43. The van der Waals surface area contributed by atoms with Gasteiger partial charge in [0.1, 0.15) is 5.76 Å². The van der Waals surface area contributed by atoms with Gasteiger partial charge in [0.15, 0.2) is 0 Å². The van der Waals surface area contributed by atoms with Crippen molar-refractivity contribution in [3.05, 3.63) is 24.2 Å². The highest BCUT2D eigenvalue weighted by Crippen LogP contribution is 2.59. The third-order valence-corrected chi connectivity index (χ3v) is 3.98. The van der Waals surface area contributed by atoms with Gasteiger partial charge in [-0.15, -0.1) is 0 Å². The fraction of sp³-hybridized carbons (Fsp3) is 0.571. The largest absolute Gasteiger partial charge is 0.481 e. The van der Waals surface area contributed by atoms with Crippen LogP contribution in [0.3, 0.4) is 0 Å². The van der Waals surface area contributed by atoms with Crippen molar-refractivity contribution < 1.29 is 19.1 Å². The molecule has 19 heavy (non-hydrogen) atoms. The number of aliphatic carboxylic acids is 1. The molecular weight excluding hydrogens is 246 g/mol. The molecule has 104 valence electrons. The van der Waals surface area contributed by atoms with E-state index < -0.39 is 23.2 Å². The zero-order valence-electron chi connectivity index (χ0n) is 11.4. The van der Waals surface area contributed by atoms with Gasteiger partial charge in [-0.3, -0.25) is 9.59 Å². The van der Waals surface area contributed by atoms with Crippen LogP contribution in [-0.4, -0.2) is 28.4 Å². The highest BCUT2D eigenvalue weighted by atomic mass is 16.4. The molecule has 1 heterocycles. The van der Waals surface area contributed by atoms with Gasteiger partial charge in [-0.25, -0.2) is 0 Å². The summed E-state index contributed by atoms with van der Waals surface area (Å²) in [5.41, 5.74) is -0.459. The lowest BCUT2D eigenvalue weighted by Gasteiger charge is -2.20. The van der Waals surface area contributed by atoms with Crippen LogP contribution >= 0.6 is 0 Å². The molecule has 1 fully saturated rings. The highest BCUT2D eigenvalue weighted by molar-refractivity contribution is 5.91. The van der Waals surface area contributed by atoms with Crippen molar-refractivity contribution >= 4 is 11.9 Å². The first-order valence-corrected chi connectivity index (χ1v) is 6.43. The summed E-state index contributed by atoms with van der Waals surface area (Å²) in [6.07, 6.45) is 1.56. The maximum absolute atomic E-state index is 12.4. The number of nitrogens with zero attached hydrogens (tertiary/aromatic N) is 1. The van der Waals surface area contributed by atoms with Crippen LogP contribution in [0.4, 0.5) is 0 Å². The van der Waals surface area contributed by atoms with Crippen LogP contribution in [0, 0.1) is 17.3 Å². The zero-order valence-corrected chi connectivity index (χ0v) is 11.4. The smallest absolute Gasteiger partial charge is 0.307 e. The van der Waals surface area contributed by atoms with E-state index >= 15 is 0 Å². The van der Waals surface area contributed by atoms with E-state index in [1.807, 2.05) is 26.8 Å². The molecule has 1 aliphatic carbocycles. The maximum Gasteiger partial charge on any atom is 0.307 e. The molecule has 0 radical (unpaired) electrons. The Morgan fingerprint density at radius 2 is 2.11 bits per heavy atom. The SMILES string of the molecule is CCN(Cc1ccco1)C(=O)C1C(C(=O)O)C1(C)C. The normalized spacial score (nSPS) is 23.9. The molecule has 2 unspecified atom stereocenters. The fourth-order valence-corrected chi connectivity index (χ4v) is 2.69. The quantitative estimate of drug-likeness (QED) is 0.883. The van der Waals surface area contributed by atoms with Gasteiger partial charge in [-0.05, 0) is 24.5 Å². The van der Waals surface area contributed by atoms with Crippen LogP contribution < -0.4 is 0 Å². The van der Waals surface area contributed by atoms with E-state index in [1.165, 1.54) is 0 Å². The minimum Gasteiger partial charge on any atom is -0.481 e. The molecule has 0 aromatic carbocycles. The van der Waals surface area contributed by atoms with Crippen molar-refractivity contribution in [2.75, 3.05) is 6.54 Å². The lowest BCUT2D eigenvalue weighted by Crippen LogP contribution is -2.33. The lowest BCUT2D eigenvalue weighted by molar-refractivity contribution is -0.142. The Bertz CT molecular complexity index is 478. The number of carbonyl (C=O) groups excluding carboxylic acids is 1. The van der Waals surface area contributed by atoms with Gasteiger partial charge >= 0.3 is 5.97 Å². The van der Waals surface area contributed by atoms with Gasteiger partial charge in [0.2, 0.25) is 5.91 Å². The maximum atomic E-state index is 12.4. The number of hydrogen-bond donors (Lipinski definition) is 1. The van der Waals surface area contributed by atoms with Crippen LogP contribution in [0.5, 0.6) is 0 Å². The van der Waals surface area contributed by atoms with Crippen LogP contribution in [-0.2, 0) is 16.1 Å². The summed E-state index contributed by atoms with van der Waals surface area (Å²) in [5, 5.41) is 9.13. The lowest BCUT2D eigenvalue weighted by atomic mass is 10.1. The molecule has 5 heteroatoms. The monoisotopic (exact) mass is 265 g/mol. The van der Waals surface area contributed by atoms with Crippen molar-refractivity contribution in [2.45, 2.75) is 27.3 Å². The summed E-state index contributed by atoms with van der Waals surface area (Å²) in [5.74, 6) is -1.29. The van der Waals surface area contributed by atoms with E-state index in [4.69, 9.17) is 9.52 Å². The predicted molar refractivity (Wildman–Crippen MR) is 68.2 cm³/mol. The molecule has 0 saturated heterocycles. The molecule has 1 N–H and O–H groups in total. The van der Waals surface area contributed by atoms with Crippen LogP contribution in [0.25, 0.3) is 0 Å². The Hall–Kier alpha value is -1.78. The molecular formula is C14H19NO4. The van der Waals surface area contributed by atoms with Crippen molar-refractivity contribution in [1.82, 2.24) is 4.90 Å². The highest BCUT2D eigenvalue weighted by Gasteiger charge is 2.66. The number of furan rings is 1. The minimum absolute atomic E-state index is 0.101. The molecule has 2 atom stereocenters. The molecule has 0 bridgehead atoms. The second-order valence-corrected chi connectivity index (χ2v) is 5.55. The van der Waals surface area contributed by atoms with Gasteiger partial charge in [-0.1, -0.05) is 13.8 Å². The van der Waals surface area contributed by atoms with E-state index in [9.17, 15) is 9.59 Å². The van der Waals surface area contributed by atoms with Crippen LogP contribution in [0.2, 0.25) is 0 Å². The zero-order chi connectivity index (χ0) is 14.2. The van der Waals surface area contributed by atoms with Gasteiger partial charge in [-0.2, -0.15) is 0 Å². The number of rotatable bonds is 5. The topological polar surface area (TPSA) is 70.8 Å². The average molecular weight is 265 g/mol. The number of carboxylic acid groups (broad SMARTS) is 1. The summed E-state index contributed by atoms with van der Waals surface area (Å²) in [6.45, 7) is 6.47. The summed E-state index contributed by atoms with van der Waals surface area (Å²) in [7, 11) is 0. The first kappa shape index (κ1) is 13.6. The third-order valence-electron chi connectivity index (χ3n) is 3.98. The van der Waals surface area contributed by atoms with E-state index in [1.54, 1.807) is 17.2 Å². The Balaban J connectivity index is 2.08. The fourth-order valence-electron chi connectivity index (χ4n) is 2.69. The molecule has 1 aromatic rings. The van der Waals surface area contributed by atoms with E-state index in [-0.39, 0.29) is 5.91 Å². The van der Waals surface area contributed by atoms with Crippen molar-refractivity contribution in [1.29, 1.82) is 0 Å². The number of carboxylic acids is 1. The van der Waals surface area contributed by atoms with Gasteiger partial charge < -0.3 is 14.4 Å². The Morgan fingerprint density at radius 1 is 1.42 bits per heavy atom. The van der Waals surface area contributed by atoms with Gasteiger partial charge in [0.25, 0.3) is 0 Å². The molecule has 2 rings (SSSR count). The second-order valence-electron chi connectivity index (χ2n) is 5.55. The van der Waals surface area contributed by atoms with Gasteiger partial charge in [0, 0.05) is 6.54 Å². The minimum atomic E-state index is -0.891. The average Bonchev–Trinajstić information content (AvgIpc) is 2.73. The van der Waals surface area contributed by atoms with Crippen molar-refractivity contribution in [3.8, 4) is 0 Å². The molecule has 0 spiro atoms. The summed E-state index contributed by atoms with van der Waals surface area (Å²) >= 11 is 0. The number of carbonyl (C=O) groups is 2. The Labute approximate surface area is 112 Å². The third kappa shape index (κ3) is 2.37. The summed E-state index contributed by atoms with van der Waals surface area (Å²) < 4.78 is 5.23. The standard InChI is InChI=1S/C14H19NO4/c1-4-15(8-9-6-5-7-19-9)12(16)10-11(13(17)18)14(10,2)3/h5-7,10-11H,4,8H2,1-3H3,(H,17,18). The Morgan fingerprint density at radius 3 is 2.53 bits per heavy atom. The summed E-state index contributed by atoms with van der Waals surface area (Å²) in [6, 6.07) is 3.58. The van der Waals surface area contributed by atoms with E-state index in [0.717, 1.165) is 0 Å². The second kappa shape index (κ2) is 4.72. The predicted octanol–water partition coefficient (Wildman–Crippen LogP) is 1.98. The van der Waals surface area contributed by atoms with Crippen LogP contribution in [0.15, 0.2) is 22.8 Å². The van der Waals surface area contributed by atoms with Crippen molar-refractivity contribution in [2.24, 2.45) is 17.3 Å². The summed E-state index contributed by atoms with van der Waals surface area (Å²) in [4.78, 5) is 25.2. The Kier molecular flexibility index (Phi) is 3.39. The number of hydrogen-bond acceptors (Lipinski definition) is 3. The van der Waals surface area contributed by atoms with E-state index in [2.05, 4.69) is 0 Å². The number of amides is 1.